The van der Waals surface area contributed by atoms with Gasteiger partial charge in [0.2, 0.25) is 5.91 Å². The molecular weight excluding hydrogens is 400 g/mol. The topological polar surface area (TPSA) is 50.8 Å². The van der Waals surface area contributed by atoms with Crippen LogP contribution in [0.2, 0.25) is 0 Å². The van der Waals surface area contributed by atoms with Crippen LogP contribution in [0.3, 0.4) is 0 Å². The van der Waals surface area contributed by atoms with Crippen LogP contribution in [0.15, 0.2) is 42.5 Å². The lowest BCUT2D eigenvalue weighted by Crippen LogP contribution is -2.27. The second-order valence-corrected chi connectivity index (χ2v) is 8.08. The van der Waals surface area contributed by atoms with E-state index in [9.17, 15) is 4.79 Å². The Hall–Kier alpha value is -2.79. The van der Waals surface area contributed by atoms with Crippen molar-refractivity contribution in [3.63, 3.8) is 0 Å². The molecule has 0 atom stereocenters. The van der Waals surface area contributed by atoms with Gasteiger partial charge in [-0.05, 0) is 81.1 Å². The molecule has 1 N–H and O–H groups in total. The monoisotopic (exact) mass is 438 g/mol. The quantitative estimate of drug-likeness (QED) is 0.315. The van der Waals surface area contributed by atoms with E-state index in [-0.39, 0.29) is 5.91 Å². The highest BCUT2D eigenvalue weighted by molar-refractivity contribution is 6.02. The summed E-state index contributed by atoms with van der Waals surface area (Å²) in [5.41, 5.74) is 4.12. The second kappa shape index (κ2) is 13.6. The van der Waals surface area contributed by atoms with E-state index in [2.05, 4.69) is 50.0 Å². The van der Waals surface area contributed by atoms with Crippen molar-refractivity contribution in [3.05, 3.63) is 59.2 Å². The first kappa shape index (κ1) is 25.5. The third-order valence-electron chi connectivity index (χ3n) is 5.35. The Bertz CT molecular complexity index is 886. The van der Waals surface area contributed by atoms with Crippen molar-refractivity contribution in [1.29, 1.82) is 0 Å². The molecule has 5 heteroatoms. The minimum Gasteiger partial charge on any atom is -0.493 e. The predicted molar refractivity (Wildman–Crippen MR) is 134 cm³/mol. The molecule has 0 aromatic heterocycles. The molecule has 0 unspecified atom stereocenters. The van der Waals surface area contributed by atoms with Gasteiger partial charge in [-0.1, -0.05) is 32.0 Å². The van der Waals surface area contributed by atoms with Gasteiger partial charge in [0, 0.05) is 24.4 Å². The summed E-state index contributed by atoms with van der Waals surface area (Å²) in [6, 6.07) is 11.6. The molecule has 0 aliphatic rings. The van der Waals surface area contributed by atoms with E-state index < -0.39 is 0 Å². The van der Waals surface area contributed by atoms with E-state index in [1.54, 1.807) is 13.2 Å². The molecule has 5 nitrogen and oxygen atoms in total. The fourth-order valence-electron chi connectivity index (χ4n) is 3.53. The molecular formula is C27H38N2O3. The summed E-state index contributed by atoms with van der Waals surface area (Å²) < 4.78 is 11.4. The summed E-state index contributed by atoms with van der Waals surface area (Å²) in [5, 5.41) is 2.90. The van der Waals surface area contributed by atoms with Crippen LogP contribution >= 0.6 is 0 Å². The number of methoxy groups -OCH3 is 1. The average molecular weight is 439 g/mol. The SMILES string of the molecule is CCCN(CCC)CCCOc1cc(NC(=O)C=Cc2ccc(C)c(C)c2)ccc1OC. The molecule has 0 bridgehead atoms. The first-order valence-electron chi connectivity index (χ1n) is 11.6. The summed E-state index contributed by atoms with van der Waals surface area (Å²) in [4.78, 5) is 14.9. The first-order valence-corrected chi connectivity index (χ1v) is 11.6. The third-order valence-corrected chi connectivity index (χ3v) is 5.35. The van der Waals surface area contributed by atoms with Crippen LogP contribution in [0.1, 0.15) is 49.8 Å². The maximum Gasteiger partial charge on any atom is 0.248 e. The summed E-state index contributed by atoms with van der Waals surface area (Å²) in [7, 11) is 1.62. The molecule has 2 aromatic rings. The van der Waals surface area contributed by atoms with Crippen molar-refractivity contribution < 1.29 is 14.3 Å². The number of nitrogens with zero attached hydrogens (tertiary/aromatic N) is 1. The lowest BCUT2D eigenvalue weighted by Gasteiger charge is -2.21. The van der Waals surface area contributed by atoms with Gasteiger partial charge in [0.25, 0.3) is 0 Å². The van der Waals surface area contributed by atoms with Gasteiger partial charge in [0.05, 0.1) is 13.7 Å². The molecule has 0 spiro atoms. The van der Waals surface area contributed by atoms with Crippen LogP contribution in [-0.2, 0) is 4.79 Å². The number of ether oxygens (including phenoxy) is 2. The van der Waals surface area contributed by atoms with Gasteiger partial charge < -0.3 is 19.7 Å². The molecule has 2 aromatic carbocycles. The number of benzene rings is 2. The van der Waals surface area contributed by atoms with Crippen LogP contribution in [0.4, 0.5) is 5.69 Å². The molecule has 32 heavy (non-hydrogen) atoms. The van der Waals surface area contributed by atoms with Crippen LogP contribution in [0.25, 0.3) is 6.08 Å². The highest BCUT2D eigenvalue weighted by atomic mass is 16.5. The van der Waals surface area contributed by atoms with Gasteiger partial charge in [-0.3, -0.25) is 4.79 Å². The Balaban J connectivity index is 1.94. The average Bonchev–Trinajstić information content (AvgIpc) is 2.78. The molecule has 1 amide bonds. The van der Waals surface area contributed by atoms with E-state index in [1.165, 1.54) is 11.1 Å². The zero-order valence-electron chi connectivity index (χ0n) is 20.2. The van der Waals surface area contributed by atoms with Crippen molar-refractivity contribution in [1.82, 2.24) is 4.90 Å². The van der Waals surface area contributed by atoms with Crippen molar-refractivity contribution in [2.75, 3.05) is 38.7 Å². The zero-order valence-corrected chi connectivity index (χ0v) is 20.2. The predicted octanol–water partition coefficient (Wildman–Crippen LogP) is 5.85. The van der Waals surface area contributed by atoms with Crippen molar-refractivity contribution in [3.8, 4) is 11.5 Å². The summed E-state index contributed by atoms with van der Waals surface area (Å²) in [6.07, 6.45) is 6.63. The van der Waals surface area contributed by atoms with E-state index in [1.807, 2.05) is 30.3 Å². The fourth-order valence-corrected chi connectivity index (χ4v) is 3.53. The van der Waals surface area contributed by atoms with Gasteiger partial charge in [-0.15, -0.1) is 0 Å². The molecule has 0 aliphatic carbocycles. The lowest BCUT2D eigenvalue weighted by molar-refractivity contribution is -0.111. The highest BCUT2D eigenvalue weighted by Gasteiger charge is 2.08. The number of anilines is 1. The molecule has 0 aliphatic heterocycles. The minimum absolute atomic E-state index is 0.186. The largest absolute Gasteiger partial charge is 0.493 e. The van der Waals surface area contributed by atoms with Crippen molar-refractivity contribution >= 4 is 17.7 Å². The number of rotatable bonds is 13. The Labute approximate surface area is 193 Å². The molecule has 0 fully saturated rings. The van der Waals surface area contributed by atoms with Gasteiger partial charge >= 0.3 is 0 Å². The van der Waals surface area contributed by atoms with Gasteiger partial charge in [-0.25, -0.2) is 0 Å². The molecule has 174 valence electrons. The summed E-state index contributed by atoms with van der Waals surface area (Å²) in [5.74, 6) is 1.11. The molecule has 2 rings (SSSR count). The fraction of sp³-hybridized carbons (Fsp3) is 0.444. The number of hydrogen-bond acceptors (Lipinski definition) is 4. The van der Waals surface area contributed by atoms with E-state index in [4.69, 9.17) is 9.47 Å². The van der Waals surface area contributed by atoms with Crippen molar-refractivity contribution in [2.45, 2.75) is 47.0 Å². The third kappa shape index (κ3) is 8.39. The van der Waals surface area contributed by atoms with Gasteiger partial charge in [0.15, 0.2) is 11.5 Å². The normalized spacial score (nSPS) is 11.2. The van der Waals surface area contributed by atoms with E-state index in [0.29, 0.717) is 23.8 Å². The number of carbonyl (C=O) groups excluding carboxylic acids is 1. The Kier molecular flexibility index (Phi) is 10.8. The Morgan fingerprint density at radius 2 is 1.72 bits per heavy atom. The smallest absolute Gasteiger partial charge is 0.248 e. The number of carbonyl (C=O) groups is 1. The molecule has 0 saturated heterocycles. The number of amides is 1. The van der Waals surface area contributed by atoms with E-state index in [0.717, 1.165) is 44.5 Å². The molecule has 0 saturated carbocycles. The standard InChI is InChI=1S/C27H38N2O3/c1-6-15-29(16-7-2)17-8-18-32-26-20-24(12-13-25(26)31-5)28-27(30)14-11-23-10-9-21(3)22(4)19-23/h9-14,19-20H,6-8,15-18H2,1-5H3,(H,28,30). The minimum atomic E-state index is -0.186. The number of aryl methyl sites for hydroxylation is 2. The van der Waals surface area contributed by atoms with Crippen LogP contribution < -0.4 is 14.8 Å². The summed E-state index contributed by atoms with van der Waals surface area (Å²) >= 11 is 0. The lowest BCUT2D eigenvalue weighted by atomic mass is 10.1. The van der Waals surface area contributed by atoms with Crippen LogP contribution in [0.5, 0.6) is 11.5 Å². The Morgan fingerprint density at radius 3 is 2.38 bits per heavy atom. The van der Waals surface area contributed by atoms with Gasteiger partial charge in [0.1, 0.15) is 0 Å². The van der Waals surface area contributed by atoms with Gasteiger partial charge in [-0.2, -0.15) is 0 Å². The molecule has 0 radical (unpaired) electrons. The Morgan fingerprint density at radius 1 is 0.969 bits per heavy atom. The van der Waals surface area contributed by atoms with Crippen molar-refractivity contribution in [2.24, 2.45) is 0 Å². The highest BCUT2D eigenvalue weighted by Crippen LogP contribution is 2.30. The summed E-state index contributed by atoms with van der Waals surface area (Å²) in [6.45, 7) is 12.4. The molecule has 0 heterocycles. The number of hydrogen-bond donors (Lipinski definition) is 1. The second-order valence-electron chi connectivity index (χ2n) is 8.08. The van der Waals surface area contributed by atoms with E-state index >= 15 is 0 Å². The first-order chi connectivity index (χ1) is 15.5. The zero-order chi connectivity index (χ0) is 23.3. The van der Waals surface area contributed by atoms with Crippen LogP contribution in [0, 0.1) is 13.8 Å². The number of nitrogens with one attached hydrogen (secondary N) is 1. The van der Waals surface area contributed by atoms with Crippen LogP contribution in [-0.4, -0.2) is 44.2 Å². The maximum atomic E-state index is 12.4. The maximum absolute atomic E-state index is 12.4.